The normalized spacial score (nSPS) is 20.4. The van der Waals surface area contributed by atoms with Gasteiger partial charge in [-0.3, -0.25) is 0 Å². The van der Waals surface area contributed by atoms with Crippen molar-refractivity contribution >= 4 is 11.3 Å². The third kappa shape index (κ3) is 2.06. The molecule has 1 heterocycles. The van der Waals surface area contributed by atoms with Crippen molar-refractivity contribution in [1.29, 1.82) is 0 Å². The maximum absolute atomic E-state index is 5.86. The number of rotatable bonds is 2. The summed E-state index contributed by atoms with van der Waals surface area (Å²) in [5, 5.41) is 10.6. The fraction of sp³-hybridized carbons (Fsp3) is 0.429. The van der Waals surface area contributed by atoms with Crippen LogP contribution >= 0.6 is 11.3 Å². The van der Waals surface area contributed by atoms with Crippen LogP contribution in [0.1, 0.15) is 52.9 Å². The van der Waals surface area contributed by atoms with Gasteiger partial charge in [0.15, 0.2) is 0 Å². The Morgan fingerprint density at radius 1 is 1.33 bits per heavy atom. The van der Waals surface area contributed by atoms with E-state index in [-0.39, 0.29) is 6.04 Å². The molecule has 1 aromatic carbocycles. The molecular formula is C14H17N3S. The van der Waals surface area contributed by atoms with Crippen molar-refractivity contribution in [3.63, 3.8) is 0 Å². The molecule has 3 rings (SSSR count). The van der Waals surface area contributed by atoms with E-state index < -0.39 is 0 Å². The van der Waals surface area contributed by atoms with Gasteiger partial charge < -0.3 is 5.73 Å². The molecule has 0 aliphatic heterocycles. The van der Waals surface area contributed by atoms with Gasteiger partial charge in [-0.15, -0.1) is 10.2 Å². The van der Waals surface area contributed by atoms with Gasteiger partial charge >= 0.3 is 0 Å². The molecule has 4 heteroatoms. The van der Waals surface area contributed by atoms with Crippen molar-refractivity contribution in [1.82, 2.24) is 10.2 Å². The number of aromatic nitrogens is 2. The van der Waals surface area contributed by atoms with E-state index in [1.165, 1.54) is 30.4 Å². The smallest absolute Gasteiger partial charge is 0.133 e. The number of fused-ring (bicyclic) bond motifs is 1. The van der Waals surface area contributed by atoms with E-state index in [4.69, 9.17) is 5.73 Å². The number of aryl methyl sites for hydroxylation is 1. The molecule has 0 saturated carbocycles. The van der Waals surface area contributed by atoms with Crippen LogP contribution in [0.15, 0.2) is 24.3 Å². The summed E-state index contributed by atoms with van der Waals surface area (Å²) in [5.41, 5.74) is 8.75. The van der Waals surface area contributed by atoms with Crippen molar-refractivity contribution in [3.8, 4) is 0 Å². The summed E-state index contributed by atoms with van der Waals surface area (Å²) < 4.78 is 0. The Bertz CT molecular complexity index is 547. The van der Waals surface area contributed by atoms with Gasteiger partial charge in [0.05, 0.1) is 6.04 Å². The zero-order valence-electron chi connectivity index (χ0n) is 10.5. The molecule has 0 spiro atoms. The molecule has 94 valence electrons. The van der Waals surface area contributed by atoms with E-state index in [1.54, 1.807) is 11.3 Å². The molecule has 3 nitrogen and oxygen atoms in total. The van der Waals surface area contributed by atoms with Crippen LogP contribution in [0.2, 0.25) is 0 Å². The Labute approximate surface area is 111 Å². The summed E-state index contributed by atoms with van der Waals surface area (Å²) in [6.45, 7) is 1.96. The van der Waals surface area contributed by atoms with E-state index in [1.807, 2.05) is 6.92 Å². The van der Waals surface area contributed by atoms with Crippen LogP contribution in [0.5, 0.6) is 0 Å². The molecule has 1 aliphatic carbocycles. The highest BCUT2D eigenvalue weighted by Gasteiger charge is 2.24. The lowest BCUT2D eigenvalue weighted by atomic mass is 9.83. The van der Waals surface area contributed by atoms with E-state index in [9.17, 15) is 0 Å². The molecule has 0 bridgehead atoms. The maximum Gasteiger partial charge on any atom is 0.133 e. The van der Waals surface area contributed by atoms with Gasteiger partial charge in [0.25, 0.3) is 0 Å². The highest BCUT2D eigenvalue weighted by molar-refractivity contribution is 7.11. The van der Waals surface area contributed by atoms with E-state index >= 15 is 0 Å². The van der Waals surface area contributed by atoms with Crippen LogP contribution in [0.3, 0.4) is 0 Å². The molecule has 0 fully saturated rings. The number of benzene rings is 1. The second-order valence-corrected chi connectivity index (χ2v) is 5.95. The molecule has 2 aromatic rings. The Hall–Kier alpha value is -1.26. The van der Waals surface area contributed by atoms with Crippen LogP contribution in [0.25, 0.3) is 0 Å². The molecule has 2 atom stereocenters. The van der Waals surface area contributed by atoms with Crippen LogP contribution in [-0.2, 0) is 6.42 Å². The standard InChI is InChI=1S/C14H17N3S/c1-9(15)13-16-17-14(18-13)12-8-4-6-10-5-2-3-7-11(10)12/h2-3,5,7,9,12H,4,6,8,15H2,1H3. The number of nitrogens with two attached hydrogens (primary N) is 1. The van der Waals surface area contributed by atoms with Crippen molar-refractivity contribution in [2.24, 2.45) is 5.73 Å². The van der Waals surface area contributed by atoms with Gasteiger partial charge in [-0.2, -0.15) is 0 Å². The average Bonchev–Trinajstić information content (AvgIpc) is 2.87. The molecule has 0 amide bonds. The molecule has 18 heavy (non-hydrogen) atoms. The first-order valence-corrected chi connectivity index (χ1v) is 7.24. The number of hydrogen-bond donors (Lipinski definition) is 1. The van der Waals surface area contributed by atoms with Crippen LogP contribution in [0.4, 0.5) is 0 Å². The van der Waals surface area contributed by atoms with Crippen molar-refractivity contribution in [2.75, 3.05) is 0 Å². The van der Waals surface area contributed by atoms with Crippen LogP contribution in [0, 0.1) is 0 Å². The largest absolute Gasteiger partial charge is 0.322 e. The molecule has 2 N–H and O–H groups in total. The van der Waals surface area contributed by atoms with Crippen LogP contribution < -0.4 is 5.73 Å². The predicted molar refractivity (Wildman–Crippen MR) is 73.7 cm³/mol. The summed E-state index contributed by atoms with van der Waals surface area (Å²) in [4.78, 5) is 0. The highest BCUT2D eigenvalue weighted by Crippen LogP contribution is 2.38. The van der Waals surface area contributed by atoms with Gasteiger partial charge in [-0.05, 0) is 37.3 Å². The fourth-order valence-electron chi connectivity index (χ4n) is 2.58. The molecule has 1 aromatic heterocycles. The molecule has 0 saturated heterocycles. The predicted octanol–water partition coefficient (Wildman–Crippen LogP) is 3.03. The average molecular weight is 259 g/mol. The Balaban J connectivity index is 1.97. The van der Waals surface area contributed by atoms with Gasteiger partial charge in [0.2, 0.25) is 0 Å². The lowest BCUT2D eigenvalue weighted by Gasteiger charge is -2.23. The van der Waals surface area contributed by atoms with Gasteiger partial charge in [-0.25, -0.2) is 0 Å². The molecular weight excluding hydrogens is 242 g/mol. The minimum absolute atomic E-state index is 0.0184. The molecule has 1 aliphatic rings. The van der Waals surface area contributed by atoms with Gasteiger partial charge in [-0.1, -0.05) is 35.6 Å². The second kappa shape index (κ2) is 4.78. The fourth-order valence-corrected chi connectivity index (χ4v) is 3.53. The summed E-state index contributed by atoms with van der Waals surface area (Å²) >= 11 is 1.66. The SMILES string of the molecule is CC(N)c1nnc(C2CCCc3ccccc32)s1. The first-order chi connectivity index (χ1) is 8.75. The first kappa shape index (κ1) is 11.8. The van der Waals surface area contributed by atoms with Gasteiger partial charge in [0.1, 0.15) is 10.0 Å². The first-order valence-electron chi connectivity index (χ1n) is 6.42. The Kier molecular flexibility index (Phi) is 3.14. The van der Waals surface area contributed by atoms with Gasteiger partial charge in [0, 0.05) is 5.92 Å². The summed E-state index contributed by atoms with van der Waals surface area (Å²) in [5.74, 6) is 0.417. The lowest BCUT2D eigenvalue weighted by Crippen LogP contribution is -2.10. The number of hydrogen-bond acceptors (Lipinski definition) is 4. The van der Waals surface area contributed by atoms with Crippen molar-refractivity contribution < 1.29 is 0 Å². The third-order valence-corrected chi connectivity index (χ3v) is 4.75. The molecule has 0 radical (unpaired) electrons. The van der Waals surface area contributed by atoms with E-state index in [0.29, 0.717) is 5.92 Å². The van der Waals surface area contributed by atoms with Crippen LogP contribution in [-0.4, -0.2) is 10.2 Å². The summed E-state index contributed by atoms with van der Waals surface area (Å²) in [6.07, 6.45) is 3.59. The summed E-state index contributed by atoms with van der Waals surface area (Å²) in [7, 11) is 0. The summed E-state index contributed by atoms with van der Waals surface area (Å²) in [6, 6.07) is 8.68. The second-order valence-electron chi connectivity index (χ2n) is 4.91. The minimum Gasteiger partial charge on any atom is -0.322 e. The Morgan fingerprint density at radius 3 is 2.94 bits per heavy atom. The monoisotopic (exact) mass is 259 g/mol. The maximum atomic E-state index is 5.86. The Morgan fingerprint density at radius 2 is 2.17 bits per heavy atom. The molecule has 2 unspecified atom stereocenters. The van der Waals surface area contributed by atoms with E-state index in [2.05, 4.69) is 34.5 Å². The highest BCUT2D eigenvalue weighted by atomic mass is 32.1. The van der Waals surface area contributed by atoms with Crippen molar-refractivity contribution in [3.05, 3.63) is 45.4 Å². The van der Waals surface area contributed by atoms with Crippen molar-refractivity contribution in [2.45, 2.75) is 38.1 Å². The zero-order chi connectivity index (χ0) is 12.5. The zero-order valence-corrected chi connectivity index (χ0v) is 11.3. The minimum atomic E-state index is -0.0184. The lowest BCUT2D eigenvalue weighted by molar-refractivity contribution is 0.608. The van der Waals surface area contributed by atoms with E-state index in [0.717, 1.165) is 10.0 Å². The quantitative estimate of drug-likeness (QED) is 0.902. The third-order valence-electron chi connectivity index (χ3n) is 3.51. The number of nitrogens with zero attached hydrogens (tertiary/aromatic N) is 2. The topological polar surface area (TPSA) is 51.8 Å².